The van der Waals surface area contributed by atoms with Crippen LogP contribution in [0.3, 0.4) is 0 Å². The number of carbonyl (C=O) groups is 1. The Morgan fingerprint density at radius 1 is 1.24 bits per heavy atom. The van der Waals surface area contributed by atoms with E-state index in [0.717, 1.165) is 11.4 Å². The van der Waals surface area contributed by atoms with Gasteiger partial charge in [-0.3, -0.25) is 0 Å². The highest BCUT2D eigenvalue weighted by Gasteiger charge is 2.22. The Kier molecular flexibility index (Phi) is 5.05. The maximum atomic E-state index is 12.4. The second-order valence-electron chi connectivity index (χ2n) is 5.89. The van der Waals surface area contributed by atoms with Crippen molar-refractivity contribution in [3.05, 3.63) is 52.7 Å². The molecule has 1 N–H and O–H groups in total. The maximum absolute atomic E-state index is 12.4. The van der Waals surface area contributed by atoms with Gasteiger partial charge in [0.2, 0.25) is 0 Å². The molecule has 2 aromatic rings. The van der Waals surface area contributed by atoms with Crippen molar-refractivity contribution in [2.45, 2.75) is 6.92 Å². The quantitative estimate of drug-likeness (QED) is 0.897. The lowest BCUT2D eigenvalue weighted by Crippen LogP contribution is -2.50. The Bertz CT molecular complexity index is 807. The van der Waals surface area contributed by atoms with Crippen LogP contribution in [0.4, 0.5) is 16.3 Å². The average Bonchev–Trinajstić information content (AvgIpc) is 2.65. The van der Waals surface area contributed by atoms with E-state index in [4.69, 9.17) is 16.9 Å². The van der Waals surface area contributed by atoms with Gasteiger partial charge in [0.05, 0.1) is 5.56 Å². The Morgan fingerprint density at radius 3 is 2.60 bits per heavy atom. The Morgan fingerprint density at radius 2 is 2.00 bits per heavy atom. The number of benzene rings is 1. The summed E-state index contributed by atoms with van der Waals surface area (Å²) in [5.74, 6) is 0.823. The van der Waals surface area contributed by atoms with Crippen LogP contribution >= 0.6 is 11.6 Å². The van der Waals surface area contributed by atoms with Crippen molar-refractivity contribution < 1.29 is 4.79 Å². The van der Waals surface area contributed by atoms with Crippen molar-refractivity contribution >= 4 is 29.1 Å². The lowest BCUT2D eigenvalue weighted by Gasteiger charge is -2.35. The fraction of sp³-hybridized carbons (Fsp3) is 0.278. The summed E-state index contributed by atoms with van der Waals surface area (Å²) in [6, 6.07) is 11.0. The topological polar surface area (TPSA) is 72.3 Å². The Hall–Kier alpha value is -2.78. The first-order chi connectivity index (χ1) is 12.1. The Labute approximate surface area is 151 Å². The molecule has 1 aromatic carbocycles. The number of urea groups is 1. The smallest absolute Gasteiger partial charge is 0.321 e. The number of pyridine rings is 1. The number of anilines is 2. The first kappa shape index (κ1) is 17.1. The fourth-order valence-corrected chi connectivity index (χ4v) is 2.83. The van der Waals surface area contributed by atoms with Gasteiger partial charge in [-0.15, -0.1) is 0 Å². The van der Waals surface area contributed by atoms with E-state index in [1.807, 2.05) is 25.1 Å². The second-order valence-corrected chi connectivity index (χ2v) is 6.29. The van der Waals surface area contributed by atoms with Gasteiger partial charge in [0.1, 0.15) is 11.9 Å². The van der Waals surface area contributed by atoms with E-state index in [0.29, 0.717) is 42.5 Å². The molecule has 2 heterocycles. The number of halogens is 1. The standard InChI is InChI=1S/C18H18ClN5O/c1-13-2-4-15(10-16(13)19)22-18(25)24-8-6-23(7-9-24)17-5-3-14(11-20)12-21-17/h2-5,10,12H,6-9H2,1H3,(H,22,25). The molecule has 1 aliphatic heterocycles. The van der Waals surface area contributed by atoms with E-state index >= 15 is 0 Å². The number of nitrogens with one attached hydrogen (secondary N) is 1. The first-order valence-electron chi connectivity index (χ1n) is 8.00. The maximum Gasteiger partial charge on any atom is 0.321 e. The summed E-state index contributed by atoms with van der Waals surface area (Å²) in [5.41, 5.74) is 2.21. The molecule has 0 radical (unpaired) electrons. The summed E-state index contributed by atoms with van der Waals surface area (Å²) in [5, 5.41) is 12.3. The van der Waals surface area contributed by atoms with Crippen LogP contribution in [0.15, 0.2) is 36.5 Å². The zero-order valence-electron chi connectivity index (χ0n) is 13.9. The lowest BCUT2D eigenvalue weighted by molar-refractivity contribution is 0.208. The molecule has 0 aliphatic carbocycles. The normalized spacial score (nSPS) is 14.1. The predicted octanol–water partition coefficient (Wildman–Crippen LogP) is 3.27. The van der Waals surface area contributed by atoms with Crippen molar-refractivity contribution in [3.63, 3.8) is 0 Å². The van der Waals surface area contributed by atoms with Crippen LogP contribution in [-0.4, -0.2) is 42.1 Å². The monoisotopic (exact) mass is 355 g/mol. The first-order valence-corrected chi connectivity index (χ1v) is 8.38. The molecule has 128 valence electrons. The van der Waals surface area contributed by atoms with E-state index < -0.39 is 0 Å². The van der Waals surface area contributed by atoms with E-state index in [1.165, 1.54) is 0 Å². The third-order valence-corrected chi connectivity index (χ3v) is 4.60. The number of aromatic nitrogens is 1. The van der Waals surface area contributed by atoms with Gasteiger partial charge >= 0.3 is 6.03 Å². The summed E-state index contributed by atoms with van der Waals surface area (Å²) < 4.78 is 0. The molecule has 2 amide bonds. The number of hydrogen-bond acceptors (Lipinski definition) is 4. The molecule has 3 rings (SSSR count). The third-order valence-electron chi connectivity index (χ3n) is 4.19. The van der Waals surface area contributed by atoms with Crippen LogP contribution < -0.4 is 10.2 Å². The largest absolute Gasteiger partial charge is 0.353 e. The van der Waals surface area contributed by atoms with Crippen molar-refractivity contribution in [1.29, 1.82) is 5.26 Å². The highest BCUT2D eigenvalue weighted by atomic mass is 35.5. The molecule has 0 saturated carbocycles. The number of nitrogens with zero attached hydrogens (tertiary/aromatic N) is 4. The van der Waals surface area contributed by atoms with Crippen LogP contribution in [0, 0.1) is 18.3 Å². The van der Waals surface area contributed by atoms with E-state index in [1.54, 1.807) is 23.2 Å². The molecule has 0 bridgehead atoms. The highest BCUT2D eigenvalue weighted by Crippen LogP contribution is 2.20. The van der Waals surface area contributed by atoms with Crippen molar-refractivity contribution in [1.82, 2.24) is 9.88 Å². The van der Waals surface area contributed by atoms with Gasteiger partial charge in [0.25, 0.3) is 0 Å². The van der Waals surface area contributed by atoms with Gasteiger partial charge in [0.15, 0.2) is 0 Å². The van der Waals surface area contributed by atoms with Gasteiger partial charge in [-0.2, -0.15) is 5.26 Å². The minimum atomic E-state index is -0.132. The summed E-state index contributed by atoms with van der Waals surface area (Å²) in [6.07, 6.45) is 1.57. The van der Waals surface area contributed by atoms with Crippen LogP contribution in [0.1, 0.15) is 11.1 Å². The SMILES string of the molecule is Cc1ccc(NC(=O)N2CCN(c3ccc(C#N)cn3)CC2)cc1Cl. The summed E-state index contributed by atoms with van der Waals surface area (Å²) in [6.45, 7) is 4.52. The molecular weight excluding hydrogens is 338 g/mol. The van der Waals surface area contributed by atoms with E-state index in [2.05, 4.69) is 21.3 Å². The summed E-state index contributed by atoms with van der Waals surface area (Å²) in [4.78, 5) is 20.6. The zero-order valence-corrected chi connectivity index (χ0v) is 14.6. The lowest BCUT2D eigenvalue weighted by atomic mass is 10.2. The molecule has 1 aromatic heterocycles. The number of rotatable bonds is 2. The van der Waals surface area contributed by atoms with Gasteiger partial charge in [-0.25, -0.2) is 9.78 Å². The molecule has 1 saturated heterocycles. The van der Waals surface area contributed by atoms with Gasteiger partial charge in [-0.05, 0) is 36.8 Å². The Balaban J connectivity index is 1.56. The molecule has 0 unspecified atom stereocenters. The van der Waals surface area contributed by atoms with Gasteiger partial charge in [0, 0.05) is 43.1 Å². The molecule has 1 aliphatic rings. The molecule has 0 spiro atoms. The van der Waals surface area contributed by atoms with Gasteiger partial charge in [-0.1, -0.05) is 17.7 Å². The minimum Gasteiger partial charge on any atom is -0.353 e. The number of hydrogen-bond donors (Lipinski definition) is 1. The van der Waals surface area contributed by atoms with Crippen LogP contribution in [0.25, 0.3) is 0 Å². The van der Waals surface area contributed by atoms with Crippen molar-refractivity contribution in [2.75, 3.05) is 36.4 Å². The summed E-state index contributed by atoms with van der Waals surface area (Å²) in [7, 11) is 0. The van der Waals surface area contributed by atoms with Gasteiger partial charge < -0.3 is 15.1 Å². The van der Waals surface area contributed by atoms with Crippen LogP contribution in [0.5, 0.6) is 0 Å². The number of nitriles is 1. The van der Waals surface area contributed by atoms with Crippen LogP contribution in [-0.2, 0) is 0 Å². The van der Waals surface area contributed by atoms with E-state index in [-0.39, 0.29) is 6.03 Å². The van der Waals surface area contributed by atoms with Crippen molar-refractivity contribution in [2.24, 2.45) is 0 Å². The molecule has 7 heteroatoms. The zero-order chi connectivity index (χ0) is 17.8. The average molecular weight is 356 g/mol. The molecule has 6 nitrogen and oxygen atoms in total. The second kappa shape index (κ2) is 7.41. The summed E-state index contributed by atoms with van der Waals surface area (Å²) >= 11 is 6.09. The molecule has 0 atom stereocenters. The number of piperazine rings is 1. The minimum absolute atomic E-state index is 0.132. The molecule has 1 fully saturated rings. The fourth-order valence-electron chi connectivity index (χ4n) is 2.65. The number of amides is 2. The number of aryl methyl sites for hydroxylation is 1. The highest BCUT2D eigenvalue weighted by molar-refractivity contribution is 6.31. The molecule has 25 heavy (non-hydrogen) atoms. The van der Waals surface area contributed by atoms with Crippen molar-refractivity contribution in [3.8, 4) is 6.07 Å². The van der Waals surface area contributed by atoms with E-state index in [9.17, 15) is 4.79 Å². The number of carbonyl (C=O) groups excluding carboxylic acids is 1. The van der Waals surface area contributed by atoms with Crippen LogP contribution in [0.2, 0.25) is 5.02 Å². The molecular formula is C18H18ClN5O. The predicted molar refractivity (Wildman–Crippen MR) is 97.9 cm³/mol. The third kappa shape index (κ3) is 4.01.